The Morgan fingerprint density at radius 3 is 1.05 bits per heavy atom. The van der Waals surface area contributed by atoms with Crippen molar-refractivity contribution in [3.8, 4) is 0 Å². The molecule has 44 heavy (non-hydrogen) atoms. The topological polar surface area (TPSA) is 0 Å². The number of benzene rings is 10. The number of rotatable bonds is 0. The molecule has 0 amide bonds. The largest absolute Gasteiger partial charge is 0.0616 e. The van der Waals surface area contributed by atoms with Gasteiger partial charge in [-0.25, -0.2) is 0 Å². The lowest BCUT2D eigenvalue weighted by molar-refractivity contribution is 1.76. The molecule has 0 aliphatic carbocycles. The molecule has 0 N–H and O–H groups in total. The Bertz CT molecular complexity index is 2700. The van der Waals surface area contributed by atoms with Crippen molar-refractivity contribution in [3.05, 3.63) is 142 Å². The highest BCUT2D eigenvalue weighted by Gasteiger charge is 2.17. The van der Waals surface area contributed by atoms with Gasteiger partial charge in [-0.15, -0.1) is 0 Å². The molecule has 0 saturated carbocycles. The number of halogens is 2. The molecule has 2 heteroatoms. The highest BCUT2D eigenvalue weighted by atomic mass is 79.9. The van der Waals surface area contributed by atoms with Crippen molar-refractivity contribution < 1.29 is 0 Å². The minimum Gasteiger partial charge on any atom is -0.0616 e. The van der Waals surface area contributed by atoms with E-state index in [2.05, 4.69) is 165 Å². The van der Waals surface area contributed by atoms with E-state index in [1.54, 1.807) is 0 Å². The maximum atomic E-state index is 3.96. The van der Waals surface area contributed by atoms with Crippen molar-refractivity contribution in [3.63, 3.8) is 0 Å². The van der Waals surface area contributed by atoms with Crippen LogP contribution in [0.25, 0.3) is 97.0 Å². The molecule has 0 fully saturated rings. The van der Waals surface area contributed by atoms with Crippen LogP contribution in [0.2, 0.25) is 0 Å². The molecular weight excluding hydrogens is 664 g/mol. The maximum absolute atomic E-state index is 3.96. The minimum atomic E-state index is 1.13. The summed E-state index contributed by atoms with van der Waals surface area (Å²) in [7, 11) is 0. The molecule has 0 unspecified atom stereocenters. The molecule has 0 aliphatic heterocycles. The van der Waals surface area contributed by atoms with Crippen LogP contribution in [-0.4, -0.2) is 0 Å². The van der Waals surface area contributed by atoms with Gasteiger partial charge < -0.3 is 0 Å². The predicted octanol–water partition coefficient (Wildman–Crippen LogP) is 13.6. The molecule has 0 atom stereocenters. The van der Waals surface area contributed by atoms with E-state index >= 15 is 0 Å². The Balaban J connectivity index is 1.51. The number of hydrogen-bond donors (Lipinski definition) is 0. The van der Waals surface area contributed by atoms with E-state index in [0.717, 1.165) is 8.95 Å². The average Bonchev–Trinajstić information content (AvgIpc) is 3.07. The fraction of sp³-hybridized carbons (Fsp3) is 0. The van der Waals surface area contributed by atoms with Crippen LogP contribution in [-0.2, 0) is 0 Å². The summed E-state index contributed by atoms with van der Waals surface area (Å²) in [6.07, 6.45) is 0. The van der Waals surface area contributed by atoms with Crippen LogP contribution in [0.4, 0.5) is 0 Å². The van der Waals surface area contributed by atoms with Crippen LogP contribution in [0, 0.1) is 0 Å². The highest BCUT2D eigenvalue weighted by molar-refractivity contribution is 9.11. The van der Waals surface area contributed by atoms with E-state index in [0.29, 0.717) is 0 Å². The Morgan fingerprint density at radius 2 is 0.591 bits per heavy atom. The number of hydrogen-bond acceptors (Lipinski definition) is 0. The second kappa shape index (κ2) is 9.01. The van der Waals surface area contributed by atoms with Crippen molar-refractivity contribution in [2.75, 3.05) is 0 Å². The third-order valence-corrected chi connectivity index (χ3v) is 11.0. The smallest absolute Gasteiger partial charge is 0.0260 e. The third kappa shape index (κ3) is 3.28. The lowest BCUT2D eigenvalue weighted by atomic mass is 9.87. The Hall–Kier alpha value is -4.50. The summed E-state index contributed by atoms with van der Waals surface area (Å²) in [5.41, 5.74) is 0. The van der Waals surface area contributed by atoms with Gasteiger partial charge in [-0.05, 0) is 109 Å². The van der Waals surface area contributed by atoms with Crippen LogP contribution >= 0.6 is 31.9 Å². The van der Waals surface area contributed by atoms with Gasteiger partial charge in [-0.2, -0.15) is 0 Å². The lowest BCUT2D eigenvalue weighted by Crippen LogP contribution is -1.89. The van der Waals surface area contributed by atoms with Gasteiger partial charge in [0.15, 0.2) is 0 Å². The quantitative estimate of drug-likeness (QED) is 0.139. The summed E-state index contributed by atoms with van der Waals surface area (Å²) in [6, 6.07) is 49.6. The summed E-state index contributed by atoms with van der Waals surface area (Å²) < 4.78 is 2.25. The average molecular weight is 686 g/mol. The Labute approximate surface area is 269 Å². The van der Waals surface area contributed by atoms with Crippen LogP contribution in [0.1, 0.15) is 0 Å². The van der Waals surface area contributed by atoms with Gasteiger partial charge in [-0.3, -0.25) is 0 Å². The van der Waals surface area contributed by atoms with Crippen LogP contribution in [0.5, 0.6) is 0 Å². The second-order valence-corrected chi connectivity index (χ2v) is 13.6. The van der Waals surface area contributed by atoms with Crippen molar-refractivity contribution in [2.24, 2.45) is 0 Å². The Morgan fingerprint density at radius 1 is 0.250 bits per heavy atom. The minimum absolute atomic E-state index is 1.13. The van der Waals surface area contributed by atoms with Gasteiger partial charge in [0.05, 0.1) is 0 Å². The van der Waals surface area contributed by atoms with Gasteiger partial charge in [-0.1, -0.05) is 153 Å². The first kappa shape index (κ1) is 24.9. The molecular formula is C42H22Br2. The first-order chi connectivity index (χ1) is 21.7. The van der Waals surface area contributed by atoms with Crippen molar-refractivity contribution in [1.29, 1.82) is 0 Å². The zero-order chi connectivity index (χ0) is 29.1. The van der Waals surface area contributed by atoms with Crippen molar-refractivity contribution in [1.82, 2.24) is 0 Å². The molecule has 10 aromatic rings. The molecule has 10 rings (SSSR count). The lowest BCUT2D eigenvalue weighted by Gasteiger charge is -2.17. The summed E-state index contributed by atoms with van der Waals surface area (Å²) >= 11 is 7.91. The first-order valence-electron chi connectivity index (χ1n) is 14.9. The zero-order valence-corrected chi connectivity index (χ0v) is 26.6. The molecule has 10 aromatic carbocycles. The normalized spacial score (nSPS) is 12.3. The molecule has 0 spiro atoms. The van der Waals surface area contributed by atoms with Gasteiger partial charge in [0.1, 0.15) is 0 Å². The summed E-state index contributed by atoms with van der Waals surface area (Å²) in [5, 5.41) is 23.1. The molecule has 0 saturated heterocycles. The number of fused-ring (bicyclic) bond motifs is 17. The van der Waals surface area contributed by atoms with Crippen LogP contribution in [0.3, 0.4) is 0 Å². The second-order valence-electron chi connectivity index (χ2n) is 11.9. The van der Waals surface area contributed by atoms with Gasteiger partial charge in [0.2, 0.25) is 0 Å². The van der Waals surface area contributed by atoms with E-state index < -0.39 is 0 Å². The Kier molecular flexibility index (Phi) is 5.10. The molecule has 0 aromatic heterocycles. The highest BCUT2D eigenvalue weighted by Crippen LogP contribution is 2.46. The molecule has 204 valence electrons. The van der Waals surface area contributed by atoms with Gasteiger partial charge in [0.25, 0.3) is 0 Å². The summed E-state index contributed by atoms with van der Waals surface area (Å²) in [5.74, 6) is 0. The van der Waals surface area contributed by atoms with Crippen LogP contribution in [0.15, 0.2) is 142 Å². The molecule has 0 nitrogen and oxygen atoms in total. The SMILES string of the molecule is Brc1cc2ccc3ccccc3c2c2c1ccc1ccc3c(ccc4ccc5c(Br)cc6ccc7ccccc7c6c5c43)c12. The fourth-order valence-electron chi connectivity index (χ4n) is 7.78. The van der Waals surface area contributed by atoms with Crippen LogP contribution < -0.4 is 0 Å². The summed E-state index contributed by atoms with van der Waals surface area (Å²) in [6.45, 7) is 0. The van der Waals surface area contributed by atoms with E-state index in [1.807, 2.05) is 0 Å². The van der Waals surface area contributed by atoms with E-state index in [1.165, 1.54) is 97.0 Å². The van der Waals surface area contributed by atoms with Crippen molar-refractivity contribution in [2.45, 2.75) is 0 Å². The standard InChI is InChI=1S/C42H22Br2/c43-35-21-27-11-9-23-5-1-3-7-29(23)39(27)41-33(35)19-15-25-13-18-32-31(37(25)41)17-14-26-16-20-34-36(44)22-28-12-10-24-6-2-4-8-30(24)40(28)42(34)38(26)32/h1-22H. The molecule has 0 aliphatic rings. The van der Waals surface area contributed by atoms with E-state index in [-0.39, 0.29) is 0 Å². The van der Waals surface area contributed by atoms with Gasteiger partial charge >= 0.3 is 0 Å². The fourth-order valence-corrected chi connectivity index (χ4v) is 8.93. The zero-order valence-electron chi connectivity index (χ0n) is 23.5. The third-order valence-electron chi connectivity index (χ3n) is 9.66. The van der Waals surface area contributed by atoms with E-state index in [4.69, 9.17) is 0 Å². The van der Waals surface area contributed by atoms with Gasteiger partial charge in [0, 0.05) is 8.95 Å². The maximum Gasteiger partial charge on any atom is 0.0260 e. The molecule has 0 heterocycles. The predicted molar refractivity (Wildman–Crippen MR) is 199 cm³/mol. The molecule has 0 bridgehead atoms. The molecule has 0 radical (unpaired) electrons. The summed E-state index contributed by atoms with van der Waals surface area (Å²) in [4.78, 5) is 0. The first-order valence-corrected chi connectivity index (χ1v) is 16.5. The van der Waals surface area contributed by atoms with E-state index in [9.17, 15) is 0 Å². The van der Waals surface area contributed by atoms with Crippen molar-refractivity contribution >= 4 is 129 Å². The monoisotopic (exact) mass is 684 g/mol.